The summed E-state index contributed by atoms with van der Waals surface area (Å²) in [5, 5.41) is 11.6. The van der Waals surface area contributed by atoms with Crippen LogP contribution in [0.4, 0.5) is 0 Å². The third-order valence-electron chi connectivity index (χ3n) is 3.35. The van der Waals surface area contributed by atoms with Crippen LogP contribution in [0.1, 0.15) is 35.4 Å². The Kier molecular flexibility index (Phi) is 3.30. The van der Waals surface area contributed by atoms with Gasteiger partial charge in [-0.2, -0.15) is 0 Å². The topological polar surface area (TPSA) is 104 Å². The molecule has 0 spiro atoms. The zero-order valence-electron chi connectivity index (χ0n) is 11.1. The average molecular weight is 300 g/mol. The second-order valence-electron chi connectivity index (χ2n) is 5.28. The molecule has 0 aliphatic carbocycles. The molecule has 3 rings (SSSR count). The van der Waals surface area contributed by atoms with Crippen molar-refractivity contribution in [3.05, 3.63) is 16.1 Å². The lowest BCUT2D eigenvalue weighted by molar-refractivity contribution is -0.191. The summed E-state index contributed by atoms with van der Waals surface area (Å²) in [5.74, 6) is -1.31. The third kappa shape index (κ3) is 2.23. The van der Waals surface area contributed by atoms with Crippen LogP contribution in [0, 0.1) is 0 Å². The second-order valence-corrected chi connectivity index (χ2v) is 6.17. The minimum absolute atomic E-state index is 0.162. The maximum absolute atomic E-state index is 11.1. The Morgan fingerprint density at radius 1 is 1.50 bits per heavy atom. The van der Waals surface area contributed by atoms with E-state index in [0.29, 0.717) is 5.01 Å². The van der Waals surface area contributed by atoms with E-state index in [1.54, 1.807) is 5.38 Å². The van der Waals surface area contributed by atoms with Gasteiger partial charge < -0.3 is 25.1 Å². The summed E-state index contributed by atoms with van der Waals surface area (Å²) >= 11 is 1.28. The van der Waals surface area contributed by atoms with Crippen molar-refractivity contribution in [2.24, 2.45) is 5.73 Å². The predicted octanol–water partition coefficient (Wildman–Crippen LogP) is 0.194. The molecule has 4 unspecified atom stereocenters. The zero-order valence-corrected chi connectivity index (χ0v) is 11.9. The van der Waals surface area contributed by atoms with Gasteiger partial charge in [-0.05, 0) is 13.8 Å². The summed E-state index contributed by atoms with van der Waals surface area (Å²) < 4.78 is 17.3. The molecule has 110 valence electrons. The van der Waals surface area contributed by atoms with Gasteiger partial charge >= 0.3 is 0 Å². The Morgan fingerprint density at radius 3 is 2.80 bits per heavy atom. The highest BCUT2D eigenvalue weighted by Gasteiger charge is 2.56. The number of aliphatic hydroxyl groups excluding tert-OH is 1. The molecule has 2 saturated heterocycles. The lowest BCUT2D eigenvalue weighted by atomic mass is 10.1. The summed E-state index contributed by atoms with van der Waals surface area (Å²) in [5.41, 5.74) is 5.40. The maximum atomic E-state index is 11.1. The van der Waals surface area contributed by atoms with E-state index >= 15 is 0 Å². The number of nitrogens with zero attached hydrogens (tertiary/aromatic N) is 1. The Bertz CT molecular complexity index is 532. The van der Waals surface area contributed by atoms with Crippen molar-refractivity contribution in [2.45, 2.75) is 44.1 Å². The molecule has 4 atom stereocenters. The van der Waals surface area contributed by atoms with Crippen molar-refractivity contribution in [3.8, 4) is 0 Å². The molecule has 3 N–H and O–H groups in total. The van der Waals surface area contributed by atoms with Crippen LogP contribution in [-0.4, -0.2) is 46.7 Å². The molecule has 7 nitrogen and oxygen atoms in total. The molecule has 1 aromatic heterocycles. The van der Waals surface area contributed by atoms with Crippen LogP contribution in [-0.2, 0) is 14.2 Å². The van der Waals surface area contributed by atoms with Crippen molar-refractivity contribution in [1.82, 2.24) is 4.98 Å². The van der Waals surface area contributed by atoms with Crippen molar-refractivity contribution < 1.29 is 24.1 Å². The lowest BCUT2D eigenvalue weighted by Gasteiger charge is -2.22. The summed E-state index contributed by atoms with van der Waals surface area (Å²) in [4.78, 5) is 15.3. The summed E-state index contributed by atoms with van der Waals surface area (Å²) in [6.07, 6.45) is -1.63. The number of thiazole rings is 1. The number of ether oxygens (including phenoxy) is 3. The molecule has 3 heterocycles. The number of carbonyl (C=O) groups excluding carboxylic acids is 1. The van der Waals surface area contributed by atoms with Crippen LogP contribution in [0.15, 0.2) is 5.38 Å². The first-order chi connectivity index (χ1) is 9.41. The van der Waals surface area contributed by atoms with Crippen molar-refractivity contribution in [3.63, 3.8) is 0 Å². The zero-order chi connectivity index (χ0) is 14.5. The fourth-order valence-electron chi connectivity index (χ4n) is 2.56. The normalized spacial score (nSPS) is 35.1. The monoisotopic (exact) mass is 300 g/mol. The minimum atomic E-state index is -0.728. The van der Waals surface area contributed by atoms with E-state index in [4.69, 9.17) is 19.9 Å². The van der Waals surface area contributed by atoms with E-state index in [-0.39, 0.29) is 24.5 Å². The summed E-state index contributed by atoms with van der Waals surface area (Å²) in [6, 6.07) is 0. The van der Waals surface area contributed by atoms with Gasteiger partial charge in [0, 0.05) is 5.38 Å². The molecule has 20 heavy (non-hydrogen) atoms. The van der Waals surface area contributed by atoms with Crippen LogP contribution in [0.25, 0.3) is 0 Å². The lowest BCUT2D eigenvalue weighted by Crippen LogP contribution is -2.31. The van der Waals surface area contributed by atoms with Crippen LogP contribution in [0.5, 0.6) is 0 Å². The molecular weight excluding hydrogens is 284 g/mol. The predicted molar refractivity (Wildman–Crippen MR) is 69.2 cm³/mol. The maximum Gasteiger partial charge on any atom is 0.268 e. The number of amides is 1. The number of aromatic nitrogens is 1. The van der Waals surface area contributed by atoms with Crippen LogP contribution < -0.4 is 5.73 Å². The number of aliphatic hydroxyl groups is 1. The van der Waals surface area contributed by atoms with E-state index in [1.807, 2.05) is 13.8 Å². The second kappa shape index (κ2) is 4.74. The van der Waals surface area contributed by atoms with Crippen LogP contribution >= 0.6 is 11.3 Å². The smallest absolute Gasteiger partial charge is 0.268 e. The first-order valence-corrected chi connectivity index (χ1v) is 7.16. The van der Waals surface area contributed by atoms with Gasteiger partial charge in [0.1, 0.15) is 35.1 Å². The minimum Gasteiger partial charge on any atom is -0.394 e. The number of hydrogen-bond acceptors (Lipinski definition) is 7. The molecule has 0 radical (unpaired) electrons. The van der Waals surface area contributed by atoms with Gasteiger partial charge in [0.2, 0.25) is 0 Å². The molecule has 2 aliphatic heterocycles. The van der Waals surface area contributed by atoms with Gasteiger partial charge in [-0.15, -0.1) is 11.3 Å². The van der Waals surface area contributed by atoms with Crippen molar-refractivity contribution in [1.29, 1.82) is 0 Å². The van der Waals surface area contributed by atoms with Gasteiger partial charge in [-0.3, -0.25) is 4.79 Å². The molecule has 0 aromatic carbocycles. The highest BCUT2D eigenvalue weighted by molar-refractivity contribution is 7.09. The molecule has 1 amide bonds. The van der Waals surface area contributed by atoms with E-state index in [0.717, 1.165) is 0 Å². The SMILES string of the molecule is CC1(C)OC2C(CO)OC(c3nc(C(N)=O)cs3)C2O1. The van der Waals surface area contributed by atoms with E-state index in [1.165, 1.54) is 11.3 Å². The largest absolute Gasteiger partial charge is 0.394 e. The number of fused-ring (bicyclic) bond motifs is 1. The van der Waals surface area contributed by atoms with Gasteiger partial charge in [-0.1, -0.05) is 0 Å². The number of primary amides is 1. The number of rotatable bonds is 3. The van der Waals surface area contributed by atoms with Crippen molar-refractivity contribution >= 4 is 17.2 Å². The fraction of sp³-hybridized carbons (Fsp3) is 0.667. The summed E-state index contributed by atoms with van der Waals surface area (Å²) in [7, 11) is 0. The molecule has 2 aliphatic rings. The fourth-order valence-corrected chi connectivity index (χ4v) is 3.44. The van der Waals surface area contributed by atoms with Gasteiger partial charge in [-0.25, -0.2) is 4.98 Å². The molecule has 8 heteroatoms. The average Bonchev–Trinajstić information content (AvgIpc) is 3.01. The van der Waals surface area contributed by atoms with E-state index in [2.05, 4.69) is 4.98 Å². The molecule has 0 bridgehead atoms. The molecule has 0 saturated carbocycles. The molecule has 1 aromatic rings. The summed E-state index contributed by atoms with van der Waals surface area (Å²) in [6.45, 7) is 3.46. The third-order valence-corrected chi connectivity index (χ3v) is 4.25. The molecular formula is C12H16N2O5S. The van der Waals surface area contributed by atoms with Crippen LogP contribution in [0.2, 0.25) is 0 Å². The van der Waals surface area contributed by atoms with E-state index in [9.17, 15) is 9.90 Å². The Morgan fingerprint density at radius 2 is 2.20 bits per heavy atom. The van der Waals surface area contributed by atoms with Crippen LogP contribution in [0.3, 0.4) is 0 Å². The first-order valence-electron chi connectivity index (χ1n) is 6.28. The Balaban J connectivity index is 1.87. The van der Waals surface area contributed by atoms with E-state index < -0.39 is 23.9 Å². The highest BCUT2D eigenvalue weighted by Crippen LogP contribution is 2.45. The van der Waals surface area contributed by atoms with Crippen molar-refractivity contribution in [2.75, 3.05) is 6.61 Å². The van der Waals surface area contributed by atoms with Gasteiger partial charge in [0.25, 0.3) is 5.91 Å². The van der Waals surface area contributed by atoms with Gasteiger partial charge in [0.15, 0.2) is 5.79 Å². The first kappa shape index (κ1) is 13.9. The number of nitrogens with two attached hydrogens (primary N) is 1. The quantitative estimate of drug-likeness (QED) is 0.826. The standard InChI is InChI=1S/C12H16N2O5S/c1-12(2)18-7-6(3-15)17-9(8(7)19-12)11-14-5(4-20-11)10(13)16/h4,6-9,15H,3H2,1-2H3,(H2,13,16). The molecule has 2 fully saturated rings. The number of carbonyl (C=O) groups is 1. The Hall–Kier alpha value is -1.06. The Labute approximate surface area is 119 Å². The van der Waals surface area contributed by atoms with Gasteiger partial charge in [0.05, 0.1) is 6.61 Å². The number of hydrogen-bond donors (Lipinski definition) is 2. The highest BCUT2D eigenvalue weighted by atomic mass is 32.1.